The zero-order chi connectivity index (χ0) is 16.0. The van der Waals surface area contributed by atoms with Crippen LogP contribution in [0.25, 0.3) is 0 Å². The summed E-state index contributed by atoms with van der Waals surface area (Å²) in [4.78, 5) is 15.1. The Kier molecular flexibility index (Phi) is 4.28. The number of hydrogen-bond acceptors (Lipinski definition) is 3. The summed E-state index contributed by atoms with van der Waals surface area (Å²) in [5.74, 6) is 0.986. The van der Waals surface area contributed by atoms with E-state index in [9.17, 15) is 4.79 Å². The van der Waals surface area contributed by atoms with Gasteiger partial charge in [0.2, 0.25) is 5.91 Å². The Balaban J connectivity index is 1.69. The first-order chi connectivity index (χ1) is 10.4. The molecule has 1 heterocycles. The molecule has 2 N–H and O–H groups in total. The van der Waals surface area contributed by atoms with Crippen molar-refractivity contribution in [1.82, 2.24) is 4.90 Å². The van der Waals surface area contributed by atoms with Crippen LogP contribution in [-0.2, 0) is 9.53 Å². The third kappa shape index (κ3) is 2.30. The smallest absolute Gasteiger partial charge is 0.243 e. The fraction of sp³-hybridized carbons (Fsp3) is 0.944. The van der Waals surface area contributed by atoms with Crippen LogP contribution in [-0.4, -0.2) is 42.6 Å². The molecular formula is C18H32N2O2. The predicted molar refractivity (Wildman–Crippen MR) is 87.4 cm³/mol. The predicted octanol–water partition coefficient (Wildman–Crippen LogP) is 2.56. The van der Waals surface area contributed by atoms with Crippen LogP contribution in [0.5, 0.6) is 0 Å². The van der Waals surface area contributed by atoms with Crippen molar-refractivity contribution in [3.8, 4) is 0 Å². The van der Waals surface area contributed by atoms with Crippen molar-refractivity contribution in [3.05, 3.63) is 0 Å². The van der Waals surface area contributed by atoms with Gasteiger partial charge in [-0.15, -0.1) is 0 Å². The zero-order valence-electron chi connectivity index (χ0n) is 14.4. The van der Waals surface area contributed by atoms with E-state index in [-0.39, 0.29) is 23.3 Å². The van der Waals surface area contributed by atoms with Crippen molar-refractivity contribution in [1.29, 1.82) is 0 Å². The first kappa shape index (κ1) is 16.3. The van der Waals surface area contributed by atoms with E-state index in [1.807, 2.05) is 11.9 Å². The molecule has 0 spiro atoms. The van der Waals surface area contributed by atoms with Crippen molar-refractivity contribution in [3.63, 3.8) is 0 Å². The van der Waals surface area contributed by atoms with Gasteiger partial charge in [-0.05, 0) is 31.6 Å². The maximum Gasteiger partial charge on any atom is 0.243 e. The van der Waals surface area contributed by atoms with Crippen LogP contribution < -0.4 is 5.73 Å². The summed E-state index contributed by atoms with van der Waals surface area (Å²) in [6.07, 6.45) is 8.68. The number of nitrogens with zero attached hydrogens (tertiary/aromatic N) is 1. The lowest BCUT2D eigenvalue weighted by Gasteiger charge is -2.65. The first-order valence-corrected chi connectivity index (χ1v) is 9.05. The second kappa shape index (κ2) is 5.79. The van der Waals surface area contributed by atoms with Crippen LogP contribution in [0.15, 0.2) is 0 Å². The monoisotopic (exact) mass is 308 g/mol. The lowest BCUT2D eigenvalue weighted by molar-refractivity contribution is -0.229. The highest BCUT2D eigenvalue weighted by atomic mass is 16.5. The molecule has 1 aliphatic heterocycles. The van der Waals surface area contributed by atoms with Gasteiger partial charge in [-0.3, -0.25) is 4.79 Å². The molecule has 1 saturated heterocycles. The SMILES string of the molecule is CN(CC1CCCCC1)C(=O)C1(N)C2CCCOC2C1(C)C. The fourth-order valence-corrected chi connectivity index (χ4v) is 5.17. The van der Waals surface area contributed by atoms with Crippen LogP contribution in [0, 0.1) is 17.3 Å². The molecule has 3 unspecified atom stereocenters. The number of carbonyl (C=O) groups excluding carboxylic acids is 1. The number of hydrogen-bond donors (Lipinski definition) is 1. The van der Waals surface area contributed by atoms with Crippen LogP contribution in [0.3, 0.4) is 0 Å². The molecule has 0 bridgehead atoms. The first-order valence-electron chi connectivity index (χ1n) is 9.05. The summed E-state index contributed by atoms with van der Waals surface area (Å²) in [5, 5.41) is 0. The molecule has 4 nitrogen and oxygen atoms in total. The molecule has 3 aliphatic rings. The molecule has 22 heavy (non-hydrogen) atoms. The average molecular weight is 308 g/mol. The van der Waals surface area contributed by atoms with E-state index >= 15 is 0 Å². The molecule has 0 aromatic rings. The highest BCUT2D eigenvalue weighted by molar-refractivity contribution is 5.89. The van der Waals surface area contributed by atoms with Gasteiger partial charge in [-0.2, -0.15) is 0 Å². The quantitative estimate of drug-likeness (QED) is 0.872. The van der Waals surface area contributed by atoms with Gasteiger partial charge in [0.1, 0.15) is 5.54 Å². The van der Waals surface area contributed by atoms with Crippen molar-refractivity contribution >= 4 is 5.91 Å². The standard InChI is InChI=1S/C18H32N2O2/c1-17(2)15-14(10-7-11-22-15)18(17,19)16(21)20(3)12-13-8-5-4-6-9-13/h13-15H,4-12,19H2,1-3H3. The molecule has 0 aromatic heterocycles. The summed E-state index contributed by atoms with van der Waals surface area (Å²) < 4.78 is 5.92. The Labute approximate surface area is 134 Å². The van der Waals surface area contributed by atoms with Gasteiger partial charge in [-0.1, -0.05) is 33.1 Å². The van der Waals surface area contributed by atoms with Crippen LogP contribution in [0.2, 0.25) is 0 Å². The summed E-state index contributed by atoms with van der Waals surface area (Å²) in [5.41, 5.74) is 5.70. The third-order valence-corrected chi connectivity index (χ3v) is 6.64. The molecule has 4 heteroatoms. The van der Waals surface area contributed by atoms with E-state index in [1.165, 1.54) is 32.1 Å². The normalized spacial score (nSPS) is 38.0. The topological polar surface area (TPSA) is 55.6 Å². The maximum atomic E-state index is 13.1. The molecule has 3 atom stereocenters. The minimum absolute atomic E-state index is 0.134. The summed E-state index contributed by atoms with van der Waals surface area (Å²) in [6, 6.07) is 0. The van der Waals surface area contributed by atoms with Crippen molar-refractivity contribution in [2.45, 2.75) is 70.4 Å². The Bertz CT molecular complexity index is 431. The lowest BCUT2D eigenvalue weighted by Crippen LogP contribution is -2.82. The zero-order valence-corrected chi connectivity index (χ0v) is 14.4. The number of nitrogens with two attached hydrogens (primary N) is 1. The van der Waals surface area contributed by atoms with Gasteiger partial charge >= 0.3 is 0 Å². The second-order valence-corrected chi connectivity index (χ2v) is 8.32. The molecule has 1 amide bonds. The molecule has 3 rings (SSSR count). The van der Waals surface area contributed by atoms with Gasteiger partial charge in [0.25, 0.3) is 0 Å². The van der Waals surface area contributed by atoms with Crippen LogP contribution in [0.1, 0.15) is 58.8 Å². The van der Waals surface area contributed by atoms with E-state index in [2.05, 4.69) is 13.8 Å². The molecule has 2 aliphatic carbocycles. The van der Waals surface area contributed by atoms with Gasteiger partial charge in [0, 0.05) is 31.5 Å². The Morgan fingerprint density at radius 3 is 2.55 bits per heavy atom. The second-order valence-electron chi connectivity index (χ2n) is 8.32. The minimum atomic E-state index is -0.749. The van der Waals surface area contributed by atoms with Crippen LogP contribution in [0.4, 0.5) is 0 Å². The number of carbonyl (C=O) groups is 1. The summed E-state index contributed by atoms with van der Waals surface area (Å²) >= 11 is 0. The van der Waals surface area contributed by atoms with Gasteiger partial charge in [-0.25, -0.2) is 0 Å². The van der Waals surface area contributed by atoms with E-state index in [4.69, 9.17) is 10.5 Å². The van der Waals surface area contributed by atoms with Crippen LogP contribution >= 0.6 is 0 Å². The number of likely N-dealkylation sites (N-methyl/N-ethyl adjacent to an activating group) is 1. The van der Waals surface area contributed by atoms with Crippen molar-refractivity contribution in [2.75, 3.05) is 20.2 Å². The molecule has 2 saturated carbocycles. The number of ether oxygens (including phenoxy) is 1. The molecule has 3 fully saturated rings. The Morgan fingerprint density at radius 2 is 1.86 bits per heavy atom. The lowest BCUT2D eigenvalue weighted by atomic mass is 9.46. The molecule has 0 aromatic carbocycles. The van der Waals surface area contributed by atoms with E-state index in [0.29, 0.717) is 5.92 Å². The van der Waals surface area contributed by atoms with Crippen molar-refractivity contribution < 1.29 is 9.53 Å². The summed E-state index contributed by atoms with van der Waals surface area (Å²) in [7, 11) is 1.94. The number of amides is 1. The highest BCUT2D eigenvalue weighted by Crippen LogP contribution is 2.57. The van der Waals surface area contributed by atoms with E-state index in [1.54, 1.807) is 0 Å². The fourth-order valence-electron chi connectivity index (χ4n) is 5.17. The number of rotatable bonds is 3. The van der Waals surface area contributed by atoms with E-state index < -0.39 is 5.54 Å². The maximum absolute atomic E-state index is 13.1. The molecule has 0 radical (unpaired) electrons. The molecule has 126 valence electrons. The Hall–Kier alpha value is -0.610. The summed E-state index contributed by atoms with van der Waals surface area (Å²) in [6.45, 7) is 5.89. The van der Waals surface area contributed by atoms with Crippen molar-refractivity contribution in [2.24, 2.45) is 23.0 Å². The Morgan fingerprint density at radius 1 is 1.18 bits per heavy atom. The highest BCUT2D eigenvalue weighted by Gasteiger charge is 2.70. The average Bonchev–Trinajstić information content (AvgIpc) is 2.54. The van der Waals surface area contributed by atoms with Gasteiger partial charge in [0.15, 0.2) is 0 Å². The van der Waals surface area contributed by atoms with E-state index in [0.717, 1.165) is 26.0 Å². The third-order valence-electron chi connectivity index (χ3n) is 6.64. The van der Waals surface area contributed by atoms with Gasteiger partial charge < -0.3 is 15.4 Å². The largest absolute Gasteiger partial charge is 0.377 e. The van der Waals surface area contributed by atoms with Gasteiger partial charge in [0.05, 0.1) is 6.10 Å². The minimum Gasteiger partial charge on any atom is -0.377 e. The molecular weight excluding hydrogens is 276 g/mol. The number of fused-ring (bicyclic) bond motifs is 1.